The van der Waals surface area contributed by atoms with E-state index in [1.165, 1.54) is 137 Å². The van der Waals surface area contributed by atoms with Gasteiger partial charge in [0, 0.05) is 79.0 Å². The molecule has 134 heavy (non-hydrogen) atoms. The van der Waals surface area contributed by atoms with Gasteiger partial charge in [-0.05, 0) is 250 Å². The van der Waals surface area contributed by atoms with E-state index in [-0.39, 0.29) is 0 Å². The van der Waals surface area contributed by atoms with Crippen LogP contribution in [0.1, 0.15) is 44.5 Å². The van der Waals surface area contributed by atoms with Crippen molar-refractivity contribution < 1.29 is 0 Å². The third-order valence-electron chi connectivity index (χ3n) is 28.8. The molecule has 0 saturated carbocycles. The molecule has 2 aliphatic carbocycles. The second kappa shape index (κ2) is 30.5. The monoisotopic (exact) mass is 1700 g/mol. The summed E-state index contributed by atoms with van der Waals surface area (Å²) in [4.78, 5) is 30.2. The molecule has 6 heterocycles. The molecule has 28 rings (SSSR count). The van der Waals surface area contributed by atoms with E-state index in [4.69, 9.17) is 24.9 Å². The number of fused-ring (bicyclic) bond motifs is 23. The van der Waals surface area contributed by atoms with E-state index in [1.54, 1.807) is 0 Å². The van der Waals surface area contributed by atoms with Gasteiger partial charge in [0.1, 0.15) is 0 Å². The van der Waals surface area contributed by atoms with E-state index < -0.39 is 10.8 Å². The molecular formula is C128H78N6. The molecule has 0 atom stereocenters. The average molecular weight is 1700 g/mol. The number of rotatable bonds is 10. The Balaban J connectivity index is 0.000000136. The Hall–Kier alpha value is -17.6. The molecule has 6 aromatic heterocycles. The van der Waals surface area contributed by atoms with E-state index in [9.17, 15) is 0 Å². The summed E-state index contributed by atoms with van der Waals surface area (Å²) in [6, 6.07) is 164. The molecule has 6 heteroatoms. The summed E-state index contributed by atoms with van der Waals surface area (Å²) in [6.07, 6.45) is 7.54. The van der Waals surface area contributed by atoms with E-state index in [0.717, 1.165) is 127 Å². The van der Waals surface area contributed by atoms with Crippen LogP contribution in [0, 0.1) is 0 Å². The SMILES string of the molecule is c1ccc(C2(c3ccccc3)c3ccccc3-c3cc4c(-c5cccc(-c6c7ccccc7c(-c7ccnc8c7ccc7cccnc78)c7ccccc67)c5)nc5ccccc5c4cc32)cc1.c1ccc(C2(c3ccccc3)c3ccccc3-c3cc4c(-c5cccc(-c6ccc7ccc8cc(-c9ccnc%10c9ccc9cccnc9%10)ccc8c7c6)c5)nc5ccccc5c4cc32)cc1. The lowest BCUT2D eigenvalue weighted by Gasteiger charge is -2.34. The van der Waals surface area contributed by atoms with Crippen LogP contribution in [0.25, 0.3) is 219 Å². The predicted octanol–water partition coefficient (Wildman–Crippen LogP) is 32.3. The van der Waals surface area contributed by atoms with Crippen LogP contribution in [-0.4, -0.2) is 29.9 Å². The smallest absolute Gasteiger partial charge is 0.0970 e. The lowest BCUT2D eigenvalue weighted by molar-refractivity contribution is 0.769. The van der Waals surface area contributed by atoms with E-state index in [2.05, 4.69) is 442 Å². The zero-order valence-electron chi connectivity index (χ0n) is 72.7. The molecular weight excluding hydrogens is 1620 g/mol. The number of hydrogen-bond donors (Lipinski definition) is 0. The molecule has 6 nitrogen and oxygen atoms in total. The first-order valence-corrected chi connectivity index (χ1v) is 46.0. The molecule has 0 bridgehead atoms. The minimum Gasteiger partial charge on any atom is -0.254 e. The topological polar surface area (TPSA) is 77.3 Å². The highest BCUT2D eigenvalue weighted by Crippen LogP contribution is 2.61. The highest BCUT2D eigenvalue weighted by Gasteiger charge is 2.48. The quantitative estimate of drug-likeness (QED) is 0.100. The lowest BCUT2D eigenvalue weighted by atomic mass is 9.67. The number of pyridine rings is 6. The normalized spacial score (nSPS) is 12.9. The molecule has 0 N–H and O–H groups in total. The highest BCUT2D eigenvalue weighted by molar-refractivity contribution is 6.25. The largest absolute Gasteiger partial charge is 0.254 e. The maximum atomic E-state index is 5.56. The van der Waals surface area contributed by atoms with E-state index in [0.29, 0.717) is 0 Å². The van der Waals surface area contributed by atoms with Crippen LogP contribution in [0.5, 0.6) is 0 Å². The minimum absolute atomic E-state index is 0.491. The number of hydrogen-bond acceptors (Lipinski definition) is 6. The minimum atomic E-state index is -0.505. The Labute approximate surface area is 772 Å². The standard InChI is InChI=1S/2C64H39N3/c1-3-20-43(21-4-1)64(44-22-5-2-6-23-44)56-30-13-11-24-45(56)54-38-55-53(39-57(54)64)46-25-12-14-31-58(46)67-61(55)42-18-15-17-41(37-42)59-47-26-7-9-28-49(47)60(50-29-10-8-27-48(50)59)51-34-36-66-63-52(51)33-32-40-19-16-35-65-62(40)63;1-3-16-47(17-4-1)64(48-18-5-2-6-19-48)58-22-9-7-20-51(58)56-38-57-55(39-59(56)64)52-21-8-10-23-60(52)67-61(57)46-14-11-13-42(35-46)43-26-24-40-25-27-44-36-45(29-30-49(44)54(40)37-43)50-32-34-66-63-53(50)31-28-41-15-12-33-65-62(41)63/h2*1-39H. The molecule has 0 saturated heterocycles. The van der Waals surface area contributed by atoms with Crippen LogP contribution in [0.4, 0.5) is 0 Å². The van der Waals surface area contributed by atoms with Crippen molar-refractivity contribution in [3.8, 4) is 89.3 Å². The fraction of sp³-hybridized carbons (Fsp3) is 0.0156. The van der Waals surface area contributed by atoms with Crippen LogP contribution in [0.15, 0.2) is 474 Å². The molecule has 20 aromatic carbocycles. The van der Waals surface area contributed by atoms with Crippen molar-refractivity contribution in [2.75, 3.05) is 0 Å². The van der Waals surface area contributed by atoms with Crippen molar-refractivity contribution in [1.82, 2.24) is 29.9 Å². The summed E-state index contributed by atoms with van der Waals surface area (Å²) in [5.74, 6) is 0. The van der Waals surface area contributed by atoms with Gasteiger partial charge in [0.25, 0.3) is 0 Å². The van der Waals surface area contributed by atoms with Crippen LogP contribution >= 0.6 is 0 Å². The fourth-order valence-corrected chi connectivity index (χ4v) is 23.0. The summed E-state index contributed by atoms with van der Waals surface area (Å²) < 4.78 is 0. The van der Waals surface area contributed by atoms with Gasteiger partial charge in [-0.1, -0.05) is 364 Å². The second-order valence-electron chi connectivity index (χ2n) is 35.6. The Morgan fingerprint density at radius 3 is 1.07 bits per heavy atom. The Bertz CT molecular complexity index is 9260. The molecule has 0 aliphatic heterocycles. The third-order valence-corrected chi connectivity index (χ3v) is 28.8. The highest BCUT2D eigenvalue weighted by atomic mass is 14.7. The summed E-state index contributed by atoms with van der Waals surface area (Å²) in [5.41, 5.74) is 33.3. The van der Waals surface area contributed by atoms with Crippen molar-refractivity contribution in [1.29, 1.82) is 0 Å². The van der Waals surface area contributed by atoms with Gasteiger partial charge in [-0.2, -0.15) is 0 Å². The Kier molecular flexibility index (Phi) is 17.4. The zero-order valence-corrected chi connectivity index (χ0v) is 72.7. The van der Waals surface area contributed by atoms with Crippen LogP contribution in [-0.2, 0) is 10.8 Å². The van der Waals surface area contributed by atoms with Crippen LogP contribution in [0.2, 0.25) is 0 Å². The van der Waals surface area contributed by atoms with Gasteiger partial charge in [0.15, 0.2) is 0 Å². The van der Waals surface area contributed by atoms with Gasteiger partial charge in [-0.25, -0.2) is 9.97 Å². The first kappa shape index (κ1) is 76.5. The maximum absolute atomic E-state index is 5.56. The molecule has 0 fully saturated rings. The van der Waals surface area contributed by atoms with Gasteiger partial charge in [-0.3, -0.25) is 19.9 Å². The van der Waals surface area contributed by atoms with Gasteiger partial charge < -0.3 is 0 Å². The van der Waals surface area contributed by atoms with Crippen molar-refractivity contribution >= 4 is 130 Å². The van der Waals surface area contributed by atoms with Gasteiger partial charge in [0.2, 0.25) is 0 Å². The first-order valence-electron chi connectivity index (χ1n) is 46.0. The maximum Gasteiger partial charge on any atom is 0.0970 e. The second-order valence-corrected chi connectivity index (χ2v) is 35.6. The van der Waals surface area contributed by atoms with Crippen molar-refractivity contribution in [3.63, 3.8) is 0 Å². The summed E-state index contributed by atoms with van der Waals surface area (Å²) >= 11 is 0. The van der Waals surface area contributed by atoms with E-state index in [1.807, 2.05) is 36.9 Å². The summed E-state index contributed by atoms with van der Waals surface area (Å²) in [7, 11) is 0. The van der Waals surface area contributed by atoms with Crippen molar-refractivity contribution in [3.05, 3.63) is 518 Å². The number of nitrogens with zero attached hydrogens (tertiary/aromatic N) is 6. The predicted molar refractivity (Wildman–Crippen MR) is 557 cm³/mol. The van der Waals surface area contributed by atoms with Crippen molar-refractivity contribution in [2.45, 2.75) is 10.8 Å². The molecule has 2 aliphatic rings. The number of aromatic nitrogens is 6. The number of benzene rings is 20. The molecule has 0 radical (unpaired) electrons. The van der Waals surface area contributed by atoms with Gasteiger partial charge in [-0.15, -0.1) is 0 Å². The average Bonchev–Trinajstić information content (AvgIpc) is 1.53. The third kappa shape index (κ3) is 11.7. The lowest BCUT2D eigenvalue weighted by Crippen LogP contribution is -2.28. The molecule has 0 amide bonds. The first-order chi connectivity index (χ1) is 66.5. The molecule has 0 spiro atoms. The van der Waals surface area contributed by atoms with Crippen LogP contribution < -0.4 is 0 Å². The van der Waals surface area contributed by atoms with Crippen molar-refractivity contribution in [2.24, 2.45) is 0 Å². The molecule has 26 aromatic rings. The Morgan fingerprint density at radius 2 is 0.545 bits per heavy atom. The zero-order chi connectivity index (χ0) is 88.1. The fourth-order valence-electron chi connectivity index (χ4n) is 23.0. The van der Waals surface area contributed by atoms with Gasteiger partial charge >= 0.3 is 0 Å². The number of para-hydroxylation sites is 2. The molecule has 620 valence electrons. The van der Waals surface area contributed by atoms with E-state index >= 15 is 0 Å². The summed E-state index contributed by atoms with van der Waals surface area (Å²) in [6.45, 7) is 0. The summed E-state index contributed by atoms with van der Waals surface area (Å²) in [5, 5.41) is 21.0. The van der Waals surface area contributed by atoms with Crippen LogP contribution in [0.3, 0.4) is 0 Å². The molecule has 0 unspecified atom stereocenters. The Morgan fingerprint density at radius 1 is 0.157 bits per heavy atom. The van der Waals surface area contributed by atoms with Gasteiger partial charge in [0.05, 0.1) is 55.3 Å².